The van der Waals surface area contributed by atoms with E-state index in [4.69, 9.17) is 0 Å². The van der Waals surface area contributed by atoms with E-state index in [-0.39, 0.29) is 22.5 Å². The first kappa shape index (κ1) is 20.3. The Hall–Kier alpha value is -3.99. The summed E-state index contributed by atoms with van der Waals surface area (Å²) in [5.74, 6) is -2.90. The van der Waals surface area contributed by atoms with Crippen molar-refractivity contribution >= 4 is 34.7 Å². The summed E-state index contributed by atoms with van der Waals surface area (Å²) in [6.07, 6.45) is 1.63. The second-order valence-corrected chi connectivity index (χ2v) is 7.44. The minimum atomic E-state index is -0.915. The number of halogens is 1. The zero-order chi connectivity index (χ0) is 22.1. The van der Waals surface area contributed by atoms with Crippen LogP contribution in [-0.4, -0.2) is 38.7 Å². The first-order chi connectivity index (χ1) is 14.9. The van der Waals surface area contributed by atoms with Crippen molar-refractivity contribution in [3.63, 3.8) is 0 Å². The molecule has 0 saturated carbocycles. The molecule has 2 heterocycles. The molecule has 0 unspecified atom stereocenters. The van der Waals surface area contributed by atoms with E-state index < -0.39 is 40.7 Å². The smallest absolute Gasteiger partial charge is 0.282 e. The number of nitro benzene ring substituents is 1. The molecule has 31 heavy (non-hydrogen) atoms. The van der Waals surface area contributed by atoms with Gasteiger partial charge in [0.25, 0.3) is 23.4 Å². The number of nitrogens with zero attached hydrogens (tertiary/aromatic N) is 4. The van der Waals surface area contributed by atoms with Gasteiger partial charge in [-0.1, -0.05) is 24.3 Å². The Morgan fingerprint density at radius 3 is 2.65 bits per heavy atom. The lowest BCUT2D eigenvalue weighted by atomic mass is 10.1. The standard InChI is InChI=1S/C20H13FN4O5S/c21-14-6-2-1-4-12(14)10-23-8-9-31-20(23)22-16(26)11-24-18(27)13-5-3-7-15(25(29)30)17(13)19(24)28/h1-9H,10-11H2. The molecule has 0 N–H and O–H groups in total. The van der Waals surface area contributed by atoms with E-state index in [2.05, 4.69) is 4.99 Å². The Morgan fingerprint density at radius 1 is 1.13 bits per heavy atom. The summed E-state index contributed by atoms with van der Waals surface area (Å²) < 4.78 is 15.5. The number of nitro groups is 1. The van der Waals surface area contributed by atoms with Crippen molar-refractivity contribution in [3.05, 3.63) is 91.5 Å². The third-order valence-electron chi connectivity index (χ3n) is 4.65. The maximum Gasteiger partial charge on any atom is 0.282 e. The molecule has 3 amide bonds. The third-order valence-corrected chi connectivity index (χ3v) is 5.44. The Bertz CT molecular complexity index is 1310. The van der Waals surface area contributed by atoms with E-state index in [1.807, 2.05) is 0 Å². The lowest BCUT2D eigenvalue weighted by Gasteiger charge is -2.10. The highest BCUT2D eigenvalue weighted by atomic mass is 32.1. The number of hydrogen-bond donors (Lipinski definition) is 0. The van der Waals surface area contributed by atoms with Gasteiger partial charge in [0.2, 0.25) is 0 Å². The Kier molecular flexibility index (Phi) is 5.26. The third kappa shape index (κ3) is 3.78. The number of carbonyl (C=O) groups excluding carboxylic acids is 3. The number of thiazole rings is 1. The average molecular weight is 440 g/mol. The van der Waals surface area contributed by atoms with Crippen LogP contribution in [0.1, 0.15) is 26.3 Å². The van der Waals surface area contributed by atoms with Gasteiger partial charge in [-0.3, -0.25) is 29.4 Å². The van der Waals surface area contributed by atoms with Gasteiger partial charge < -0.3 is 4.57 Å². The highest BCUT2D eigenvalue weighted by molar-refractivity contribution is 7.07. The average Bonchev–Trinajstić information content (AvgIpc) is 3.27. The second kappa shape index (κ2) is 8.03. The molecule has 0 atom stereocenters. The fraction of sp³-hybridized carbons (Fsp3) is 0.100. The number of rotatable bonds is 5. The fourth-order valence-corrected chi connectivity index (χ4v) is 3.95. The molecule has 0 spiro atoms. The molecule has 9 nitrogen and oxygen atoms in total. The Labute approximate surface area is 177 Å². The minimum Gasteiger partial charge on any atom is -0.319 e. The van der Waals surface area contributed by atoms with Crippen LogP contribution in [0.4, 0.5) is 10.1 Å². The fourth-order valence-electron chi connectivity index (χ4n) is 3.21. The van der Waals surface area contributed by atoms with E-state index in [1.54, 1.807) is 34.3 Å². The van der Waals surface area contributed by atoms with E-state index >= 15 is 0 Å². The van der Waals surface area contributed by atoms with E-state index in [0.717, 1.165) is 17.4 Å². The van der Waals surface area contributed by atoms with Gasteiger partial charge in [-0.05, 0) is 12.1 Å². The summed E-state index contributed by atoms with van der Waals surface area (Å²) in [5.41, 5.74) is -0.556. The summed E-state index contributed by atoms with van der Waals surface area (Å²) in [7, 11) is 0. The van der Waals surface area contributed by atoms with E-state index in [0.29, 0.717) is 10.5 Å². The summed E-state index contributed by atoms with van der Waals surface area (Å²) >= 11 is 1.13. The zero-order valence-corrected chi connectivity index (χ0v) is 16.5. The minimum absolute atomic E-state index is 0.127. The second-order valence-electron chi connectivity index (χ2n) is 6.56. The first-order valence-corrected chi connectivity index (χ1v) is 9.83. The molecule has 4 rings (SSSR count). The summed E-state index contributed by atoms with van der Waals surface area (Å²) in [4.78, 5) is 52.8. The maximum atomic E-state index is 13.9. The van der Waals surface area contributed by atoms with Crippen molar-refractivity contribution in [1.82, 2.24) is 9.47 Å². The Balaban J connectivity index is 1.57. The largest absolute Gasteiger partial charge is 0.319 e. The summed E-state index contributed by atoms with van der Waals surface area (Å²) in [6.45, 7) is -0.525. The van der Waals surface area contributed by atoms with Gasteiger partial charge in [0.05, 0.1) is 17.0 Å². The first-order valence-electron chi connectivity index (χ1n) is 8.95. The molecular weight excluding hydrogens is 427 g/mol. The molecule has 1 aromatic heterocycles. The van der Waals surface area contributed by atoms with Crippen LogP contribution in [0.15, 0.2) is 59.0 Å². The van der Waals surface area contributed by atoms with Crippen LogP contribution < -0.4 is 4.80 Å². The number of fused-ring (bicyclic) bond motifs is 1. The lowest BCUT2D eigenvalue weighted by Crippen LogP contribution is -2.35. The summed E-state index contributed by atoms with van der Waals surface area (Å²) in [5, 5.41) is 12.8. The molecule has 0 fully saturated rings. The monoisotopic (exact) mass is 440 g/mol. The quantitative estimate of drug-likeness (QED) is 0.343. The van der Waals surface area contributed by atoms with Crippen molar-refractivity contribution in [2.75, 3.05) is 6.54 Å². The number of hydrogen-bond acceptors (Lipinski definition) is 6. The Morgan fingerprint density at radius 2 is 1.90 bits per heavy atom. The topological polar surface area (TPSA) is 115 Å². The maximum absolute atomic E-state index is 13.9. The van der Waals surface area contributed by atoms with E-state index in [9.17, 15) is 28.9 Å². The van der Waals surface area contributed by atoms with Crippen LogP contribution in [0.3, 0.4) is 0 Å². The lowest BCUT2D eigenvalue weighted by molar-refractivity contribution is -0.385. The van der Waals surface area contributed by atoms with E-state index in [1.165, 1.54) is 18.2 Å². The molecule has 0 saturated heterocycles. The summed E-state index contributed by atoms with van der Waals surface area (Å²) in [6, 6.07) is 9.91. The van der Waals surface area contributed by atoms with Crippen LogP contribution in [0, 0.1) is 15.9 Å². The highest BCUT2D eigenvalue weighted by Crippen LogP contribution is 2.30. The highest BCUT2D eigenvalue weighted by Gasteiger charge is 2.41. The predicted octanol–water partition coefficient (Wildman–Crippen LogP) is 2.37. The number of aromatic nitrogens is 1. The van der Waals surface area contributed by atoms with Crippen LogP contribution in [-0.2, 0) is 11.3 Å². The van der Waals surface area contributed by atoms with Gasteiger partial charge >= 0.3 is 0 Å². The molecule has 0 radical (unpaired) electrons. The van der Waals surface area contributed by atoms with Crippen LogP contribution in [0.25, 0.3) is 0 Å². The van der Waals surface area contributed by atoms with Crippen molar-refractivity contribution in [1.29, 1.82) is 0 Å². The normalized spacial score (nSPS) is 13.6. The van der Waals surface area contributed by atoms with Crippen molar-refractivity contribution < 1.29 is 23.7 Å². The van der Waals surface area contributed by atoms with Gasteiger partial charge in [0.15, 0.2) is 4.80 Å². The molecule has 3 aromatic rings. The van der Waals surface area contributed by atoms with Gasteiger partial charge in [0.1, 0.15) is 17.9 Å². The molecule has 0 aliphatic carbocycles. The number of benzene rings is 2. The van der Waals surface area contributed by atoms with Crippen molar-refractivity contribution in [2.24, 2.45) is 4.99 Å². The number of carbonyl (C=O) groups is 3. The van der Waals surface area contributed by atoms with Crippen molar-refractivity contribution in [2.45, 2.75) is 6.54 Å². The van der Waals surface area contributed by atoms with Gasteiger partial charge in [-0.2, -0.15) is 4.99 Å². The SMILES string of the molecule is O=C(CN1C(=O)c2cccc([N+](=O)[O-])c2C1=O)N=c1sccn1Cc1ccccc1F. The van der Waals surface area contributed by atoms with Crippen LogP contribution >= 0.6 is 11.3 Å². The molecule has 11 heteroatoms. The van der Waals surface area contributed by atoms with Crippen molar-refractivity contribution in [3.8, 4) is 0 Å². The number of imide groups is 1. The zero-order valence-electron chi connectivity index (χ0n) is 15.7. The van der Waals surface area contributed by atoms with Crippen LogP contribution in [0.5, 0.6) is 0 Å². The molecule has 1 aliphatic rings. The molecule has 1 aliphatic heterocycles. The molecule has 156 valence electrons. The predicted molar refractivity (Wildman–Crippen MR) is 107 cm³/mol. The van der Waals surface area contributed by atoms with Gasteiger partial charge in [-0.15, -0.1) is 11.3 Å². The molecule has 2 aromatic carbocycles. The van der Waals surface area contributed by atoms with Crippen LogP contribution in [0.2, 0.25) is 0 Å². The molecular formula is C20H13FN4O5S. The number of amides is 3. The van der Waals surface area contributed by atoms with Gasteiger partial charge in [0, 0.05) is 23.2 Å². The van der Waals surface area contributed by atoms with Gasteiger partial charge in [-0.25, -0.2) is 4.39 Å². The molecule has 0 bridgehead atoms.